The van der Waals surface area contributed by atoms with Crippen molar-refractivity contribution in [3.63, 3.8) is 0 Å². The van der Waals surface area contributed by atoms with E-state index >= 15 is 0 Å². The van der Waals surface area contributed by atoms with Crippen molar-refractivity contribution >= 4 is 28.4 Å². The molecule has 5 heteroatoms. The Balaban J connectivity index is 2.03. The maximum absolute atomic E-state index is 5.15. The van der Waals surface area contributed by atoms with Crippen LogP contribution in [0.2, 0.25) is 0 Å². The molecule has 1 aromatic heterocycles. The van der Waals surface area contributed by atoms with Gasteiger partial charge in [0.1, 0.15) is 11.6 Å². The van der Waals surface area contributed by atoms with Crippen LogP contribution in [0.4, 0.5) is 5.82 Å². The first kappa shape index (κ1) is 13.9. The number of hydrogen-bond donors (Lipinski definition) is 1. The molecule has 2 rings (SSSR count). The zero-order valence-electron chi connectivity index (χ0n) is 10.8. The van der Waals surface area contributed by atoms with Crippen LogP contribution in [0.5, 0.6) is 11.6 Å². The van der Waals surface area contributed by atoms with Crippen molar-refractivity contribution in [2.45, 2.75) is 6.54 Å². The van der Waals surface area contributed by atoms with Gasteiger partial charge in [0.25, 0.3) is 0 Å². The molecule has 0 fully saturated rings. The average Bonchev–Trinajstić information content (AvgIpc) is 2.45. The summed E-state index contributed by atoms with van der Waals surface area (Å²) in [5.74, 6) is 2.28. The normalized spacial score (nSPS) is 10.1. The quantitative estimate of drug-likeness (QED) is 0.821. The van der Waals surface area contributed by atoms with Gasteiger partial charge >= 0.3 is 0 Å². The smallest absolute Gasteiger partial charge is 0.215 e. The molecule has 2 aromatic rings. The summed E-state index contributed by atoms with van der Waals surface area (Å²) in [5.41, 5.74) is 1.17. The minimum Gasteiger partial charge on any atom is -0.497 e. The number of methoxy groups -OCH3 is 2. The van der Waals surface area contributed by atoms with E-state index in [0.717, 1.165) is 15.1 Å². The predicted octanol–water partition coefficient (Wildman–Crippen LogP) is 3.32. The van der Waals surface area contributed by atoms with Crippen molar-refractivity contribution in [2.24, 2.45) is 0 Å². The number of rotatable bonds is 5. The molecule has 1 aromatic carbocycles. The van der Waals surface area contributed by atoms with Gasteiger partial charge < -0.3 is 14.8 Å². The lowest BCUT2D eigenvalue weighted by Crippen LogP contribution is -2.02. The summed E-state index contributed by atoms with van der Waals surface area (Å²) in [6.45, 7) is 0.709. The Bertz CT molecular complexity index is 544. The van der Waals surface area contributed by atoms with Crippen LogP contribution in [0.1, 0.15) is 5.56 Å². The Morgan fingerprint density at radius 3 is 2.47 bits per heavy atom. The minimum absolute atomic E-state index is 0.615. The average molecular weight is 370 g/mol. The summed E-state index contributed by atoms with van der Waals surface area (Å²) in [6, 6.07) is 11.8. The molecule has 0 amide bonds. The molecule has 0 aliphatic heterocycles. The van der Waals surface area contributed by atoms with Crippen molar-refractivity contribution in [3.8, 4) is 11.6 Å². The fourth-order valence-electron chi connectivity index (χ4n) is 1.60. The monoisotopic (exact) mass is 370 g/mol. The van der Waals surface area contributed by atoms with Crippen LogP contribution in [0.25, 0.3) is 0 Å². The molecule has 0 radical (unpaired) electrons. The Morgan fingerprint density at radius 1 is 1.11 bits per heavy atom. The molecule has 0 aliphatic rings. The molecule has 19 heavy (non-hydrogen) atoms. The molecule has 0 saturated heterocycles. The molecular formula is C14H15IN2O2. The Hall–Kier alpha value is -1.50. The van der Waals surface area contributed by atoms with Crippen LogP contribution in [0, 0.1) is 3.57 Å². The Labute approximate surface area is 126 Å². The van der Waals surface area contributed by atoms with Crippen molar-refractivity contribution in [1.82, 2.24) is 4.98 Å². The van der Waals surface area contributed by atoms with Gasteiger partial charge in [0.15, 0.2) is 0 Å². The molecule has 100 valence electrons. The second-order valence-corrected chi connectivity index (χ2v) is 5.16. The summed E-state index contributed by atoms with van der Waals surface area (Å²) in [4.78, 5) is 4.34. The standard InChI is InChI=1S/C14H15IN2O2/c1-18-12-5-3-10(4-6-12)9-16-13-7-11(15)8-14(17-13)19-2/h3-8H,9H2,1-2H3,(H,16,17). The third-order valence-corrected chi connectivity index (χ3v) is 3.23. The van der Waals surface area contributed by atoms with Crippen molar-refractivity contribution in [1.29, 1.82) is 0 Å². The predicted molar refractivity (Wildman–Crippen MR) is 83.8 cm³/mol. The number of aromatic nitrogens is 1. The van der Waals surface area contributed by atoms with E-state index in [9.17, 15) is 0 Å². The molecule has 0 unspecified atom stereocenters. The highest BCUT2D eigenvalue weighted by molar-refractivity contribution is 14.1. The molecule has 0 atom stereocenters. The zero-order valence-corrected chi connectivity index (χ0v) is 13.0. The fraction of sp³-hybridized carbons (Fsp3) is 0.214. The van der Waals surface area contributed by atoms with Crippen molar-refractivity contribution < 1.29 is 9.47 Å². The van der Waals surface area contributed by atoms with Gasteiger partial charge in [-0.3, -0.25) is 0 Å². The minimum atomic E-state index is 0.615. The van der Waals surface area contributed by atoms with Crippen LogP contribution < -0.4 is 14.8 Å². The number of hydrogen-bond acceptors (Lipinski definition) is 4. The van der Waals surface area contributed by atoms with Crippen LogP contribution in [-0.2, 0) is 6.54 Å². The molecule has 0 spiro atoms. The van der Waals surface area contributed by atoms with Crippen LogP contribution in [0.15, 0.2) is 36.4 Å². The zero-order chi connectivity index (χ0) is 13.7. The first-order valence-corrected chi connectivity index (χ1v) is 6.87. The van der Waals surface area contributed by atoms with Crippen molar-refractivity contribution in [2.75, 3.05) is 19.5 Å². The second-order valence-electron chi connectivity index (χ2n) is 3.91. The van der Waals surface area contributed by atoms with Gasteiger partial charge in [0.2, 0.25) is 5.88 Å². The van der Waals surface area contributed by atoms with Gasteiger partial charge in [0.05, 0.1) is 14.2 Å². The molecule has 0 aliphatic carbocycles. The molecule has 0 saturated carbocycles. The summed E-state index contributed by atoms with van der Waals surface area (Å²) in [5, 5.41) is 3.28. The number of halogens is 1. The highest BCUT2D eigenvalue weighted by Gasteiger charge is 2.01. The van der Waals surface area contributed by atoms with Gasteiger partial charge in [-0.1, -0.05) is 12.1 Å². The first-order chi connectivity index (χ1) is 9.21. The van der Waals surface area contributed by atoms with Crippen LogP contribution >= 0.6 is 22.6 Å². The van der Waals surface area contributed by atoms with Crippen LogP contribution in [0.3, 0.4) is 0 Å². The number of ether oxygens (including phenoxy) is 2. The van der Waals surface area contributed by atoms with Crippen molar-refractivity contribution in [3.05, 3.63) is 45.5 Å². The molecule has 1 heterocycles. The SMILES string of the molecule is COc1ccc(CNc2cc(I)cc(OC)n2)cc1. The number of pyridine rings is 1. The molecule has 4 nitrogen and oxygen atoms in total. The van der Waals surface area contributed by atoms with Gasteiger partial charge in [-0.15, -0.1) is 0 Å². The van der Waals surface area contributed by atoms with E-state index in [2.05, 4.69) is 32.9 Å². The fourth-order valence-corrected chi connectivity index (χ4v) is 2.17. The summed E-state index contributed by atoms with van der Waals surface area (Å²) >= 11 is 2.24. The second kappa shape index (κ2) is 6.60. The van der Waals surface area contributed by atoms with Gasteiger partial charge in [-0.25, -0.2) is 0 Å². The number of anilines is 1. The van der Waals surface area contributed by atoms with E-state index in [4.69, 9.17) is 9.47 Å². The Morgan fingerprint density at radius 2 is 1.84 bits per heavy atom. The van der Waals surface area contributed by atoms with Gasteiger partial charge in [-0.05, 0) is 46.4 Å². The van der Waals surface area contributed by atoms with Gasteiger partial charge in [-0.2, -0.15) is 4.98 Å². The number of nitrogens with one attached hydrogen (secondary N) is 1. The number of benzene rings is 1. The van der Waals surface area contributed by atoms with Gasteiger partial charge in [0, 0.05) is 16.2 Å². The Kier molecular flexibility index (Phi) is 4.84. The lowest BCUT2D eigenvalue weighted by Gasteiger charge is -2.08. The van der Waals surface area contributed by atoms with Crippen LogP contribution in [-0.4, -0.2) is 19.2 Å². The lowest BCUT2D eigenvalue weighted by molar-refractivity contribution is 0.398. The largest absolute Gasteiger partial charge is 0.497 e. The maximum atomic E-state index is 5.15. The first-order valence-electron chi connectivity index (χ1n) is 5.79. The van der Waals surface area contributed by atoms with E-state index in [0.29, 0.717) is 12.4 Å². The van der Waals surface area contributed by atoms with E-state index in [1.165, 1.54) is 5.56 Å². The third-order valence-electron chi connectivity index (χ3n) is 2.61. The lowest BCUT2D eigenvalue weighted by atomic mass is 10.2. The highest BCUT2D eigenvalue weighted by Crippen LogP contribution is 2.18. The van der Waals surface area contributed by atoms with E-state index < -0.39 is 0 Å². The van der Waals surface area contributed by atoms with E-state index in [-0.39, 0.29) is 0 Å². The maximum Gasteiger partial charge on any atom is 0.215 e. The molecule has 0 bridgehead atoms. The van der Waals surface area contributed by atoms with E-state index in [1.54, 1.807) is 14.2 Å². The highest BCUT2D eigenvalue weighted by atomic mass is 127. The summed E-state index contributed by atoms with van der Waals surface area (Å²) in [6.07, 6.45) is 0. The topological polar surface area (TPSA) is 43.4 Å². The molecule has 1 N–H and O–H groups in total. The summed E-state index contributed by atoms with van der Waals surface area (Å²) < 4.78 is 11.4. The third kappa shape index (κ3) is 3.99. The molecular weight excluding hydrogens is 355 g/mol. The summed E-state index contributed by atoms with van der Waals surface area (Å²) in [7, 11) is 3.28. The number of nitrogens with zero attached hydrogens (tertiary/aromatic N) is 1. The van der Waals surface area contributed by atoms with E-state index in [1.807, 2.05) is 36.4 Å².